The lowest BCUT2D eigenvalue weighted by Gasteiger charge is -2.34. The molecule has 3 aromatic rings. The number of para-hydroxylation sites is 1. The second-order valence-corrected chi connectivity index (χ2v) is 8.21. The Morgan fingerprint density at radius 3 is 2.72 bits per heavy atom. The van der Waals surface area contributed by atoms with Crippen molar-refractivity contribution in [3.05, 3.63) is 66.9 Å². The monoisotopic (exact) mass is 435 g/mol. The van der Waals surface area contributed by atoms with Crippen molar-refractivity contribution in [1.82, 2.24) is 14.8 Å². The van der Waals surface area contributed by atoms with Crippen LogP contribution in [0.1, 0.15) is 25.7 Å². The molecule has 164 valence electrons. The summed E-state index contributed by atoms with van der Waals surface area (Å²) in [6.07, 6.45) is 6.95. The minimum absolute atomic E-state index is 0.132. The van der Waals surface area contributed by atoms with Crippen LogP contribution in [0.4, 0.5) is 20.7 Å². The number of carbonyl (C=O) groups is 2. The molecular formula is C23H22FN5O3. The summed E-state index contributed by atoms with van der Waals surface area (Å²) in [4.78, 5) is 30.8. The van der Waals surface area contributed by atoms with Gasteiger partial charge in [-0.15, -0.1) is 5.10 Å². The molecule has 1 saturated carbocycles. The Labute approximate surface area is 184 Å². The van der Waals surface area contributed by atoms with Gasteiger partial charge in [0.2, 0.25) is 5.91 Å². The summed E-state index contributed by atoms with van der Waals surface area (Å²) in [5.74, 6) is -0.358. The molecule has 3 heterocycles. The SMILES string of the molecule is O=C1O[C@]2(CC[C@H](C(=O)Nc3ccn(-c4ccccc4F)n3)CC2)CN1c1cccnc1. The van der Waals surface area contributed by atoms with Gasteiger partial charge in [-0.05, 0) is 49.9 Å². The average molecular weight is 435 g/mol. The van der Waals surface area contributed by atoms with Crippen LogP contribution in [0.5, 0.6) is 0 Å². The summed E-state index contributed by atoms with van der Waals surface area (Å²) in [5, 5.41) is 7.09. The zero-order chi connectivity index (χ0) is 22.1. The average Bonchev–Trinajstić information content (AvgIpc) is 3.39. The molecule has 0 atom stereocenters. The first-order valence-electron chi connectivity index (χ1n) is 10.5. The summed E-state index contributed by atoms with van der Waals surface area (Å²) in [5.41, 5.74) is 0.448. The number of pyridine rings is 1. The van der Waals surface area contributed by atoms with Gasteiger partial charge in [0, 0.05) is 24.4 Å². The number of benzene rings is 1. The molecule has 1 spiro atoms. The van der Waals surface area contributed by atoms with Crippen molar-refractivity contribution in [2.45, 2.75) is 31.3 Å². The van der Waals surface area contributed by atoms with Crippen LogP contribution in [-0.2, 0) is 9.53 Å². The molecule has 2 fully saturated rings. The Hall–Kier alpha value is -3.75. The van der Waals surface area contributed by atoms with Gasteiger partial charge in [-0.25, -0.2) is 13.9 Å². The molecule has 1 N–H and O–H groups in total. The lowest BCUT2D eigenvalue weighted by Crippen LogP contribution is -2.41. The Morgan fingerprint density at radius 2 is 1.97 bits per heavy atom. The van der Waals surface area contributed by atoms with E-state index in [2.05, 4.69) is 15.4 Å². The highest BCUT2D eigenvalue weighted by Gasteiger charge is 2.48. The number of aromatic nitrogens is 3. The van der Waals surface area contributed by atoms with Gasteiger partial charge >= 0.3 is 6.09 Å². The van der Waals surface area contributed by atoms with Crippen LogP contribution < -0.4 is 10.2 Å². The van der Waals surface area contributed by atoms with E-state index in [1.807, 2.05) is 6.07 Å². The summed E-state index contributed by atoms with van der Waals surface area (Å²) < 4.78 is 21.1. The van der Waals surface area contributed by atoms with Crippen LogP contribution in [0.15, 0.2) is 61.1 Å². The normalized spacial score (nSPS) is 22.7. The van der Waals surface area contributed by atoms with Crippen LogP contribution >= 0.6 is 0 Å². The molecule has 0 unspecified atom stereocenters. The van der Waals surface area contributed by atoms with Crippen molar-refractivity contribution < 1.29 is 18.7 Å². The minimum atomic E-state index is -0.573. The van der Waals surface area contributed by atoms with E-state index in [4.69, 9.17) is 4.74 Å². The second kappa shape index (κ2) is 8.07. The number of anilines is 2. The summed E-state index contributed by atoms with van der Waals surface area (Å²) >= 11 is 0. The number of hydrogen-bond acceptors (Lipinski definition) is 5. The molecule has 32 heavy (non-hydrogen) atoms. The van der Waals surface area contributed by atoms with E-state index in [-0.39, 0.29) is 17.9 Å². The lowest BCUT2D eigenvalue weighted by atomic mass is 9.78. The topological polar surface area (TPSA) is 89.3 Å². The fourth-order valence-electron chi connectivity index (χ4n) is 4.39. The van der Waals surface area contributed by atoms with Gasteiger partial charge in [0.1, 0.15) is 17.1 Å². The lowest BCUT2D eigenvalue weighted by molar-refractivity contribution is -0.122. The third-order valence-electron chi connectivity index (χ3n) is 6.14. The van der Waals surface area contributed by atoms with E-state index >= 15 is 0 Å². The molecule has 2 aliphatic rings. The molecule has 1 saturated heterocycles. The Bertz CT molecular complexity index is 1140. The van der Waals surface area contributed by atoms with Gasteiger partial charge < -0.3 is 10.1 Å². The van der Waals surface area contributed by atoms with Gasteiger partial charge in [0.15, 0.2) is 5.82 Å². The van der Waals surface area contributed by atoms with E-state index in [1.54, 1.807) is 53.8 Å². The molecule has 2 aromatic heterocycles. The van der Waals surface area contributed by atoms with E-state index in [9.17, 15) is 14.0 Å². The highest BCUT2D eigenvalue weighted by atomic mass is 19.1. The Morgan fingerprint density at radius 1 is 1.16 bits per heavy atom. The maximum absolute atomic E-state index is 14.0. The maximum atomic E-state index is 14.0. The number of halogens is 1. The van der Waals surface area contributed by atoms with Crippen molar-refractivity contribution in [1.29, 1.82) is 0 Å². The molecule has 9 heteroatoms. The van der Waals surface area contributed by atoms with E-state index in [0.717, 1.165) is 0 Å². The molecule has 8 nitrogen and oxygen atoms in total. The third-order valence-corrected chi connectivity index (χ3v) is 6.14. The Kier molecular flexibility index (Phi) is 5.08. The largest absolute Gasteiger partial charge is 0.441 e. The first-order chi connectivity index (χ1) is 15.5. The summed E-state index contributed by atoms with van der Waals surface area (Å²) in [6, 6.07) is 11.6. The predicted octanol–water partition coefficient (Wildman–Crippen LogP) is 3.93. The van der Waals surface area contributed by atoms with E-state index in [0.29, 0.717) is 49.4 Å². The van der Waals surface area contributed by atoms with Crippen LogP contribution in [-0.4, -0.2) is 38.9 Å². The van der Waals surface area contributed by atoms with Gasteiger partial charge in [0.25, 0.3) is 0 Å². The first kappa shape index (κ1) is 20.2. The summed E-state index contributed by atoms with van der Waals surface area (Å²) in [7, 11) is 0. The fraction of sp³-hybridized carbons (Fsp3) is 0.304. The number of hydrogen-bond donors (Lipinski definition) is 1. The quantitative estimate of drug-likeness (QED) is 0.671. The standard InChI is InChI=1S/C23H22FN5O3/c24-18-5-1-2-6-19(18)29-13-9-20(27-29)26-21(30)16-7-10-23(11-8-16)15-28(22(31)32-23)17-4-3-12-25-14-17/h1-6,9,12-14,16H,7-8,10-11,15H2,(H,26,27,30)/t16-,23-. The first-order valence-corrected chi connectivity index (χ1v) is 10.5. The third kappa shape index (κ3) is 3.81. The van der Waals surface area contributed by atoms with Crippen LogP contribution in [0.3, 0.4) is 0 Å². The molecule has 5 rings (SSSR count). The highest BCUT2D eigenvalue weighted by Crippen LogP contribution is 2.41. The van der Waals surface area contributed by atoms with Crippen molar-refractivity contribution in [2.24, 2.45) is 5.92 Å². The molecule has 0 radical (unpaired) electrons. The fourth-order valence-corrected chi connectivity index (χ4v) is 4.39. The molecular weight excluding hydrogens is 413 g/mol. The van der Waals surface area contributed by atoms with Gasteiger partial charge in [0.05, 0.1) is 18.4 Å². The zero-order valence-electron chi connectivity index (χ0n) is 17.3. The number of nitrogens with zero attached hydrogens (tertiary/aromatic N) is 4. The zero-order valence-corrected chi connectivity index (χ0v) is 17.3. The number of carbonyl (C=O) groups excluding carboxylic acids is 2. The van der Waals surface area contributed by atoms with Crippen molar-refractivity contribution in [3.63, 3.8) is 0 Å². The van der Waals surface area contributed by atoms with Crippen LogP contribution in [0, 0.1) is 11.7 Å². The van der Waals surface area contributed by atoms with Crippen molar-refractivity contribution in [3.8, 4) is 5.69 Å². The minimum Gasteiger partial charge on any atom is -0.441 e. The molecule has 1 aromatic carbocycles. The molecule has 1 aliphatic carbocycles. The number of ether oxygens (including phenoxy) is 1. The highest BCUT2D eigenvalue weighted by molar-refractivity contribution is 5.92. The van der Waals surface area contributed by atoms with Gasteiger partial charge in [-0.1, -0.05) is 12.1 Å². The van der Waals surface area contributed by atoms with E-state index in [1.165, 1.54) is 10.7 Å². The molecule has 2 amide bonds. The van der Waals surface area contributed by atoms with Gasteiger partial charge in [-0.2, -0.15) is 0 Å². The van der Waals surface area contributed by atoms with Crippen molar-refractivity contribution >= 4 is 23.5 Å². The van der Waals surface area contributed by atoms with E-state index < -0.39 is 11.4 Å². The molecule has 0 bridgehead atoms. The predicted molar refractivity (Wildman–Crippen MR) is 115 cm³/mol. The van der Waals surface area contributed by atoms with Crippen LogP contribution in [0.25, 0.3) is 5.69 Å². The molecule has 1 aliphatic heterocycles. The number of nitrogens with one attached hydrogen (secondary N) is 1. The number of amides is 2. The number of rotatable bonds is 4. The van der Waals surface area contributed by atoms with Gasteiger partial charge in [-0.3, -0.25) is 14.7 Å². The van der Waals surface area contributed by atoms with Crippen LogP contribution in [0.2, 0.25) is 0 Å². The second-order valence-electron chi connectivity index (χ2n) is 8.21. The Balaban J connectivity index is 1.20. The smallest absolute Gasteiger partial charge is 0.415 e. The maximum Gasteiger partial charge on any atom is 0.415 e. The van der Waals surface area contributed by atoms with Crippen molar-refractivity contribution in [2.75, 3.05) is 16.8 Å². The summed E-state index contributed by atoms with van der Waals surface area (Å²) in [6.45, 7) is 0.457.